The minimum atomic E-state index is 0.411. The van der Waals surface area contributed by atoms with E-state index < -0.39 is 0 Å². The average molecular weight is 281 g/mol. The van der Waals surface area contributed by atoms with Crippen molar-refractivity contribution in [2.75, 3.05) is 18.0 Å². The van der Waals surface area contributed by atoms with Gasteiger partial charge in [0, 0.05) is 20.0 Å². The zero-order chi connectivity index (χ0) is 14.7. The Morgan fingerprint density at radius 1 is 1.29 bits per heavy atom. The van der Waals surface area contributed by atoms with Crippen LogP contribution < -0.4 is 4.90 Å². The Morgan fingerprint density at radius 2 is 2.00 bits per heavy atom. The molecular formula is C17H19N3O. The number of hydrogen-bond donors (Lipinski definition) is 0. The molecule has 2 aromatic rings. The summed E-state index contributed by atoms with van der Waals surface area (Å²) in [6.07, 6.45) is 3.38. The Kier molecular flexibility index (Phi) is 3.92. The van der Waals surface area contributed by atoms with Gasteiger partial charge >= 0.3 is 0 Å². The van der Waals surface area contributed by atoms with Crippen LogP contribution >= 0.6 is 0 Å². The smallest absolute Gasteiger partial charge is 0.234 e. The van der Waals surface area contributed by atoms with Crippen molar-refractivity contribution in [1.82, 2.24) is 4.98 Å². The van der Waals surface area contributed by atoms with E-state index in [0.717, 1.165) is 32.4 Å². The van der Waals surface area contributed by atoms with E-state index >= 15 is 0 Å². The van der Waals surface area contributed by atoms with Crippen LogP contribution in [0.25, 0.3) is 0 Å². The Bertz CT molecular complexity index is 634. The highest BCUT2D eigenvalue weighted by Crippen LogP contribution is 2.28. The summed E-state index contributed by atoms with van der Waals surface area (Å²) in [5, 5.41) is 9.11. The van der Waals surface area contributed by atoms with Crippen molar-refractivity contribution in [2.24, 2.45) is 5.92 Å². The Balaban J connectivity index is 1.61. The lowest BCUT2D eigenvalue weighted by atomic mass is 9.90. The molecule has 1 fully saturated rings. The standard InChI is InChI=1S/C17H19N3O/c1-13-19-16(12-18)17(21-13)20-9-7-15(8-10-20)11-14-5-3-2-4-6-14/h2-6,15H,7-11H2,1H3. The van der Waals surface area contributed by atoms with Crippen molar-refractivity contribution in [1.29, 1.82) is 5.26 Å². The fourth-order valence-corrected chi connectivity index (χ4v) is 2.99. The van der Waals surface area contributed by atoms with E-state index in [1.54, 1.807) is 6.92 Å². The highest BCUT2D eigenvalue weighted by atomic mass is 16.4. The molecule has 3 rings (SSSR count). The molecule has 0 bridgehead atoms. The minimum Gasteiger partial charge on any atom is -0.424 e. The van der Waals surface area contributed by atoms with Crippen LogP contribution in [0.5, 0.6) is 0 Å². The fourth-order valence-electron chi connectivity index (χ4n) is 2.99. The van der Waals surface area contributed by atoms with Crippen LogP contribution in [0.1, 0.15) is 30.0 Å². The molecule has 0 unspecified atom stereocenters. The van der Waals surface area contributed by atoms with E-state index in [9.17, 15) is 0 Å². The number of anilines is 1. The fraction of sp³-hybridized carbons (Fsp3) is 0.412. The average Bonchev–Trinajstić information content (AvgIpc) is 2.90. The van der Waals surface area contributed by atoms with Gasteiger partial charge in [0.25, 0.3) is 0 Å². The van der Waals surface area contributed by atoms with Crippen LogP contribution in [-0.2, 0) is 6.42 Å². The maximum Gasteiger partial charge on any atom is 0.234 e. The molecule has 0 spiro atoms. The summed E-state index contributed by atoms with van der Waals surface area (Å²) in [6, 6.07) is 12.8. The van der Waals surface area contributed by atoms with Gasteiger partial charge in [-0.05, 0) is 30.7 Å². The number of rotatable bonds is 3. The molecule has 4 heteroatoms. The van der Waals surface area contributed by atoms with Crippen molar-refractivity contribution in [3.8, 4) is 6.07 Å². The Morgan fingerprint density at radius 3 is 2.67 bits per heavy atom. The third-order valence-electron chi connectivity index (χ3n) is 4.09. The normalized spacial score (nSPS) is 15.9. The summed E-state index contributed by atoms with van der Waals surface area (Å²) < 4.78 is 5.59. The number of aryl methyl sites for hydroxylation is 1. The number of benzene rings is 1. The highest BCUT2D eigenvalue weighted by molar-refractivity contribution is 5.48. The molecule has 108 valence electrons. The van der Waals surface area contributed by atoms with Gasteiger partial charge in [-0.3, -0.25) is 0 Å². The molecule has 1 aliphatic heterocycles. The molecule has 1 aliphatic rings. The molecule has 1 aromatic carbocycles. The Labute approximate surface area is 125 Å². The van der Waals surface area contributed by atoms with Crippen LogP contribution in [0.2, 0.25) is 0 Å². The zero-order valence-corrected chi connectivity index (χ0v) is 12.2. The van der Waals surface area contributed by atoms with Crippen LogP contribution in [0.4, 0.5) is 5.88 Å². The molecule has 0 aliphatic carbocycles. The highest BCUT2D eigenvalue weighted by Gasteiger charge is 2.24. The third-order valence-corrected chi connectivity index (χ3v) is 4.09. The number of hydrogen-bond acceptors (Lipinski definition) is 4. The summed E-state index contributed by atoms with van der Waals surface area (Å²) in [7, 11) is 0. The van der Waals surface area contributed by atoms with E-state index in [-0.39, 0.29) is 0 Å². The monoisotopic (exact) mass is 281 g/mol. The predicted molar refractivity (Wildman–Crippen MR) is 81.0 cm³/mol. The largest absolute Gasteiger partial charge is 0.424 e. The molecule has 4 nitrogen and oxygen atoms in total. The number of nitriles is 1. The predicted octanol–water partition coefficient (Wildman–Crippen LogP) is 3.31. The Hall–Kier alpha value is -2.28. The second-order valence-electron chi connectivity index (χ2n) is 5.62. The molecule has 0 radical (unpaired) electrons. The number of nitrogens with zero attached hydrogens (tertiary/aromatic N) is 3. The summed E-state index contributed by atoms with van der Waals surface area (Å²) >= 11 is 0. The van der Waals surface area contributed by atoms with Crippen molar-refractivity contribution < 1.29 is 4.42 Å². The van der Waals surface area contributed by atoms with Gasteiger partial charge in [0.1, 0.15) is 6.07 Å². The summed E-state index contributed by atoms with van der Waals surface area (Å²) in [5.74, 6) is 1.92. The molecule has 0 N–H and O–H groups in total. The van der Waals surface area contributed by atoms with E-state index in [4.69, 9.17) is 9.68 Å². The lowest BCUT2D eigenvalue weighted by molar-refractivity contribution is 0.385. The van der Waals surface area contributed by atoms with Gasteiger partial charge in [-0.1, -0.05) is 30.3 Å². The lowest BCUT2D eigenvalue weighted by Crippen LogP contribution is -2.34. The molecular weight excluding hydrogens is 262 g/mol. The van der Waals surface area contributed by atoms with E-state index in [0.29, 0.717) is 23.4 Å². The lowest BCUT2D eigenvalue weighted by Gasteiger charge is -2.31. The van der Waals surface area contributed by atoms with Gasteiger partial charge < -0.3 is 9.32 Å². The third kappa shape index (κ3) is 3.08. The van der Waals surface area contributed by atoms with Crippen LogP contribution in [0, 0.1) is 24.2 Å². The van der Waals surface area contributed by atoms with E-state index in [1.807, 2.05) is 0 Å². The van der Waals surface area contributed by atoms with Gasteiger partial charge in [0.05, 0.1) is 0 Å². The maximum atomic E-state index is 9.11. The minimum absolute atomic E-state index is 0.411. The van der Waals surface area contributed by atoms with Crippen LogP contribution in [0.3, 0.4) is 0 Å². The van der Waals surface area contributed by atoms with Gasteiger partial charge in [-0.15, -0.1) is 0 Å². The molecule has 0 amide bonds. The number of piperidine rings is 1. The molecule has 0 atom stereocenters. The van der Waals surface area contributed by atoms with Crippen LogP contribution in [-0.4, -0.2) is 18.1 Å². The summed E-state index contributed by atoms with van der Waals surface area (Å²) in [5.41, 5.74) is 1.82. The maximum absolute atomic E-state index is 9.11. The molecule has 21 heavy (non-hydrogen) atoms. The van der Waals surface area contributed by atoms with Crippen molar-refractivity contribution >= 4 is 5.88 Å². The van der Waals surface area contributed by atoms with E-state index in [1.165, 1.54) is 5.56 Å². The summed E-state index contributed by atoms with van der Waals surface area (Å²) in [6.45, 7) is 3.65. The second-order valence-corrected chi connectivity index (χ2v) is 5.62. The first-order valence-electron chi connectivity index (χ1n) is 7.42. The first-order valence-corrected chi connectivity index (χ1v) is 7.42. The first-order chi connectivity index (χ1) is 10.3. The molecule has 2 heterocycles. The van der Waals surface area contributed by atoms with Crippen LogP contribution in [0.15, 0.2) is 34.7 Å². The second kappa shape index (κ2) is 6.01. The zero-order valence-electron chi connectivity index (χ0n) is 12.2. The summed E-state index contributed by atoms with van der Waals surface area (Å²) in [4.78, 5) is 6.27. The number of oxazole rings is 1. The van der Waals surface area contributed by atoms with E-state index in [2.05, 4.69) is 46.3 Å². The topological polar surface area (TPSA) is 53.1 Å². The van der Waals surface area contributed by atoms with Gasteiger partial charge in [0.15, 0.2) is 5.89 Å². The van der Waals surface area contributed by atoms with Crippen molar-refractivity contribution in [2.45, 2.75) is 26.2 Å². The quantitative estimate of drug-likeness (QED) is 0.866. The molecule has 1 saturated heterocycles. The molecule has 0 saturated carbocycles. The van der Waals surface area contributed by atoms with Gasteiger partial charge in [-0.25, -0.2) is 4.98 Å². The van der Waals surface area contributed by atoms with Crippen molar-refractivity contribution in [3.63, 3.8) is 0 Å². The first kappa shape index (κ1) is 13.7. The van der Waals surface area contributed by atoms with Crippen molar-refractivity contribution in [3.05, 3.63) is 47.5 Å². The van der Waals surface area contributed by atoms with Gasteiger partial charge in [-0.2, -0.15) is 5.26 Å². The van der Waals surface area contributed by atoms with Gasteiger partial charge in [0.2, 0.25) is 11.6 Å². The number of aromatic nitrogens is 1. The molecule has 1 aromatic heterocycles. The SMILES string of the molecule is Cc1nc(C#N)c(N2CCC(Cc3ccccc3)CC2)o1.